The van der Waals surface area contributed by atoms with Gasteiger partial charge in [-0.2, -0.15) is 0 Å². The summed E-state index contributed by atoms with van der Waals surface area (Å²) in [6.07, 6.45) is 4.39. The second-order valence-corrected chi connectivity index (χ2v) is 8.01. The largest absolute Gasteiger partial charge is 0.395 e. The van der Waals surface area contributed by atoms with Crippen molar-refractivity contribution >= 4 is 0 Å². The number of aliphatic hydroxyl groups excluding tert-OH is 1. The first-order valence-electron chi connectivity index (χ1n) is 8.01. The molecular formula is C20H28O. The minimum atomic E-state index is 0.136. The molecule has 0 bridgehead atoms. The topological polar surface area (TPSA) is 20.2 Å². The van der Waals surface area contributed by atoms with Crippen LogP contribution in [0.15, 0.2) is 24.3 Å². The first-order valence-corrected chi connectivity index (χ1v) is 8.01. The van der Waals surface area contributed by atoms with Gasteiger partial charge in [0, 0.05) is 12.0 Å². The minimum Gasteiger partial charge on any atom is -0.395 e. The molecule has 1 fully saturated rings. The van der Waals surface area contributed by atoms with Crippen LogP contribution in [0.3, 0.4) is 0 Å². The molecule has 114 valence electrons. The van der Waals surface area contributed by atoms with Gasteiger partial charge in [0.1, 0.15) is 0 Å². The molecular weight excluding hydrogens is 256 g/mol. The Bertz CT molecular complexity index is 509. The van der Waals surface area contributed by atoms with Crippen LogP contribution in [-0.4, -0.2) is 11.7 Å². The Morgan fingerprint density at radius 1 is 1.05 bits per heavy atom. The van der Waals surface area contributed by atoms with Crippen molar-refractivity contribution < 1.29 is 5.11 Å². The highest BCUT2D eigenvalue weighted by atomic mass is 16.2. The summed E-state index contributed by atoms with van der Waals surface area (Å²) in [4.78, 5) is 0. The third kappa shape index (κ3) is 4.61. The van der Waals surface area contributed by atoms with E-state index in [9.17, 15) is 0 Å². The highest BCUT2D eigenvalue weighted by Gasteiger charge is 2.38. The molecule has 1 N–H and O–H groups in total. The van der Waals surface area contributed by atoms with Gasteiger partial charge in [-0.15, -0.1) is 0 Å². The molecule has 1 saturated carbocycles. The summed E-state index contributed by atoms with van der Waals surface area (Å²) in [5.74, 6) is 6.73. The molecule has 1 aliphatic rings. The fraction of sp³-hybridized carbons (Fsp3) is 0.600. The molecule has 0 spiro atoms. The Morgan fingerprint density at radius 2 is 1.62 bits per heavy atom. The Hall–Kier alpha value is -1.26. The minimum absolute atomic E-state index is 0.136. The predicted molar refractivity (Wildman–Crippen MR) is 89.2 cm³/mol. The number of hydrogen-bond acceptors (Lipinski definition) is 1. The zero-order valence-corrected chi connectivity index (χ0v) is 13.9. The van der Waals surface area contributed by atoms with Gasteiger partial charge >= 0.3 is 0 Å². The molecule has 1 aliphatic carbocycles. The lowest BCUT2D eigenvalue weighted by atomic mass is 9.60. The first-order chi connectivity index (χ1) is 9.81. The van der Waals surface area contributed by atoms with Gasteiger partial charge in [-0.05, 0) is 53.7 Å². The molecule has 1 heteroatoms. The van der Waals surface area contributed by atoms with Crippen LogP contribution in [0.5, 0.6) is 0 Å². The van der Waals surface area contributed by atoms with Crippen molar-refractivity contribution in [2.45, 2.75) is 59.3 Å². The molecule has 1 aromatic rings. The fourth-order valence-corrected chi connectivity index (χ4v) is 4.14. The smallest absolute Gasteiger partial charge is 0.0540 e. The SMILES string of the molecule is CC1(C)CC(c2ccc(C#CCCO)cc2)CC(C)(C)C1. The second-order valence-electron chi connectivity index (χ2n) is 8.01. The van der Waals surface area contributed by atoms with Crippen molar-refractivity contribution in [3.8, 4) is 11.8 Å². The lowest BCUT2D eigenvalue weighted by Crippen LogP contribution is -2.32. The second kappa shape index (κ2) is 6.24. The highest BCUT2D eigenvalue weighted by molar-refractivity contribution is 5.37. The first kappa shape index (κ1) is 16.1. The summed E-state index contributed by atoms with van der Waals surface area (Å²) in [7, 11) is 0. The van der Waals surface area contributed by atoms with Crippen LogP contribution in [-0.2, 0) is 0 Å². The van der Waals surface area contributed by atoms with Crippen LogP contribution < -0.4 is 0 Å². The Balaban J connectivity index is 2.13. The van der Waals surface area contributed by atoms with Crippen molar-refractivity contribution in [3.05, 3.63) is 35.4 Å². The average Bonchev–Trinajstić information content (AvgIpc) is 2.36. The summed E-state index contributed by atoms with van der Waals surface area (Å²) in [5.41, 5.74) is 3.34. The lowest BCUT2D eigenvalue weighted by molar-refractivity contribution is 0.0969. The molecule has 0 aliphatic heterocycles. The van der Waals surface area contributed by atoms with Gasteiger partial charge in [0.15, 0.2) is 0 Å². The van der Waals surface area contributed by atoms with E-state index in [0.717, 1.165) is 5.56 Å². The van der Waals surface area contributed by atoms with E-state index in [-0.39, 0.29) is 6.61 Å². The number of aliphatic hydroxyl groups is 1. The van der Waals surface area contributed by atoms with Gasteiger partial charge in [-0.3, -0.25) is 0 Å². The monoisotopic (exact) mass is 284 g/mol. The van der Waals surface area contributed by atoms with Crippen LogP contribution in [0.25, 0.3) is 0 Å². The van der Waals surface area contributed by atoms with E-state index in [0.29, 0.717) is 23.2 Å². The van der Waals surface area contributed by atoms with Crippen molar-refractivity contribution in [2.24, 2.45) is 10.8 Å². The molecule has 1 aromatic carbocycles. The van der Waals surface area contributed by atoms with Gasteiger partial charge in [-0.25, -0.2) is 0 Å². The third-order valence-electron chi connectivity index (χ3n) is 4.41. The Labute approximate surface area is 129 Å². The third-order valence-corrected chi connectivity index (χ3v) is 4.41. The van der Waals surface area contributed by atoms with Gasteiger partial charge in [0.2, 0.25) is 0 Å². The maximum absolute atomic E-state index is 8.75. The zero-order valence-electron chi connectivity index (χ0n) is 13.9. The number of rotatable bonds is 2. The average molecular weight is 284 g/mol. The maximum atomic E-state index is 8.75. The van der Waals surface area contributed by atoms with Crippen molar-refractivity contribution in [2.75, 3.05) is 6.61 Å². The van der Waals surface area contributed by atoms with Crippen LogP contribution in [0.4, 0.5) is 0 Å². The zero-order chi connectivity index (χ0) is 15.5. The van der Waals surface area contributed by atoms with Crippen LogP contribution in [0.1, 0.15) is 70.4 Å². The summed E-state index contributed by atoms with van der Waals surface area (Å²) in [6.45, 7) is 9.73. The normalized spacial score (nSPS) is 20.6. The summed E-state index contributed by atoms with van der Waals surface area (Å²) >= 11 is 0. The van der Waals surface area contributed by atoms with E-state index < -0.39 is 0 Å². The van der Waals surface area contributed by atoms with E-state index in [1.54, 1.807) is 0 Å². The molecule has 0 amide bonds. The molecule has 0 atom stereocenters. The summed E-state index contributed by atoms with van der Waals surface area (Å²) < 4.78 is 0. The van der Waals surface area contributed by atoms with Crippen LogP contribution in [0.2, 0.25) is 0 Å². The van der Waals surface area contributed by atoms with Gasteiger partial charge in [0.05, 0.1) is 6.61 Å². The van der Waals surface area contributed by atoms with Crippen molar-refractivity contribution in [1.29, 1.82) is 0 Å². The predicted octanol–water partition coefficient (Wildman–Crippen LogP) is 4.74. The Morgan fingerprint density at radius 3 is 2.14 bits per heavy atom. The van der Waals surface area contributed by atoms with Crippen molar-refractivity contribution in [3.63, 3.8) is 0 Å². The van der Waals surface area contributed by atoms with Crippen molar-refractivity contribution in [1.82, 2.24) is 0 Å². The molecule has 0 saturated heterocycles. The standard InChI is InChI=1S/C20H28O/c1-19(2)13-18(14-20(3,4)15-19)17-10-8-16(9-11-17)7-5-6-12-21/h8-11,18,21H,6,12-15H2,1-4H3. The quantitative estimate of drug-likeness (QED) is 0.778. The summed E-state index contributed by atoms with van der Waals surface area (Å²) in [5, 5.41) is 8.75. The van der Waals surface area contributed by atoms with E-state index in [2.05, 4.69) is 63.8 Å². The van der Waals surface area contributed by atoms with E-state index in [1.807, 2.05) is 0 Å². The summed E-state index contributed by atoms with van der Waals surface area (Å²) in [6, 6.07) is 8.72. The molecule has 21 heavy (non-hydrogen) atoms. The van der Waals surface area contributed by atoms with Gasteiger partial charge in [-0.1, -0.05) is 51.7 Å². The Kier molecular flexibility index (Phi) is 4.79. The van der Waals surface area contributed by atoms with E-state index >= 15 is 0 Å². The molecule has 0 heterocycles. The lowest BCUT2D eigenvalue weighted by Gasteiger charge is -2.45. The van der Waals surface area contributed by atoms with Gasteiger partial charge < -0.3 is 5.11 Å². The van der Waals surface area contributed by atoms with Crippen LogP contribution in [0, 0.1) is 22.7 Å². The molecule has 2 rings (SSSR count). The van der Waals surface area contributed by atoms with Crippen LogP contribution >= 0.6 is 0 Å². The van der Waals surface area contributed by atoms with E-state index in [1.165, 1.54) is 24.8 Å². The molecule has 0 aromatic heterocycles. The number of hydrogen-bond donors (Lipinski definition) is 1. The highest BCUT2D eigenvalue weighted by Crippen LogP contribution is 2.51. The fourth-order valence-electron chi connectivity index (χ4n) is 4.14. The number of benzene rings is 1. The van der Waals surface area contributed by atoms with Gasteiger partial charge in [0.25, 0.3) is 0 Å². The van der Waals surface area contributed by atoms with E-state index in [4.69, 9.17) is 5.11 Å². The molecule has 0 radical (unpaired) electrons. The maximum Gasteiger partial charge on any atom is 0.0540 e. The molecule has 1 nitrogen and oxygen atoms in total. The molecule has 0 unspecified atom stereocenters.